The van der Waals surface area contributed by atoms with E-state index in [1.54, 1.807) is 12.1 Å². The molecule has 3 rings (SSSR count). The second-order valence-electron chi connectivity index (χ2n) is 6.85. The van der Waals surface area contributed by atoms with E-state index in [9.17, 15) is 4.79 Å². The Kier molecular flexibility index (Phi) is 5.92. The molecule has 27 heavy (non-hydrogen) atoms. The van der Waals surface area contributed by atoms with Gasteiger partial charge in [-0.25, -0.2) is 4.79 Å². The van der Waals surface area contributed by atoms with Crippen molar-refractivity contribution < 1.29 is 14.3 Å². The van der Waals surface area contributed by atoms with Crippen molar-refractivity contribution in [2.75, 3.05) is 6.61 Å². The Hall–Kier alpha value is -3.07. The monoisotopic (exact) mass is 360 g/mol. The van der Waals surface area contributed by atoms with Gasteiger partial charge in [0.15, 0.2) is 6.61 Å². The highest BCUT2D eigenvalue weighted by Crippen LogP contribution is 2.26. The molecule has 0 fully saturated rings. The summed E-state index contributed by atoms with van der Waals surface area (Å²) in [5, 5.41) is 0. The van der Waals surface area contributed by atoms with Crippen molar-refractivity contribution in [1.29, 1.82) is 0 Å². The molecule has 3 nitrogen and oxygen atoms in total. The van der Waals surface area contributed by atoms with Gasteiger partial charge >= 0.3 is 5.97 Å². The van der Waals surface area contributed by atoms with Gasteiger partial charge in [-0.1, -0.05) is 74.0 Å². The molecule has 138 valence electrons. The SMILES string of the molecule is Cc1ccc(-c2ccc(OC(=O)COc3ccccc3C(C)C)cc2)cc1. The molecule has 0 saturated heterocycles. The third-order valence-electron chi connectivity index (χ3n) is 4.36. The van der Waals surface area contributed by atoms with E-state index in [2.05, 4.69) is 45.0 Å². The predicted molar refractivity (Wildman–Crippen MR) is 108 cm³/mol. The van der Waals surface area contributed by atoms with E-state index >= 15 is 0 Å². The number of aryl methyl sites for hydroxylation is 1. The molecule has 0 atom stereocenters. The summed E-state index contributed by atoms with van der Waals surface area (Å²) >= 11 is 0. The van der Waals surface area contributed by atoms with Crippen LogP contribution in [0.15, 0.2) is 72.8 Å². The maximum absolute atomic E-state index is 12.1. The molecule has 0 aliphatic rings. The van der Waals surface area contributed by atoms with Crippen molar-refractivity contribution in [1.82, 2.24) is 0 Å². The molecule has 0 heterocycles. The van der Waals surface area contributed by atoms with Crippen molar-refractivity contribution in [3.05, 3.63) is 83.9 Å². The van der Waals surface area contributed by atoms with Crippen LogP contribution in [0.1, 0.15) is 30.9 Å². The van der Waals surface area contributed by atoms with Crippen LogP contribution in [0, 0.1) is 6.92 Å². The summed E-state index contributed by atoms with van der Waals surface area (Å²) in [7, 11) is 0. The van der Waals surface area contributed by atoms with Gasteiger partial charge < -0.3 is 9.47 Å². The fraction of sp³-hybridized carbons (Fsp3) is 0.208. The molecule has 0 unspecified atom stereocenters. The zero-order valence-corrected chi connectivity index (χ0v) is 15.9. The van der Waals surface area contributed by atoms with Crippen LogP contribution < -0.4 is 9.47 Å². The van der Waals surface area contributed by atoms with Gasteiger partial charge in [0.2, 0.25) is 0 Å². The third kappa shape index (κ3) is 4.98. The predicted octanol–water partition coefficient (Wildman–Crippen LogP) is 5.77. The summed E-state index contributed by atoms with van der Waals surface area (Å²) in [6, 6.07) is 23.6. The number of para-hydroxylation sites is 1. The fourth-order valence-corrected chi connectivity index (χ4v) is 2.85. The Morgan fingerprint density at radius 1 is 0.852 bits per heavy atom. The van der Waals surface area contributed by atoms with Gasteiger partial charge in [0, 0.05) is 0 Å². The Labute approximate surface area is 160 Å². The standard InChI is InChI=1S/C24H24O3/c1-17(2)22-6-4-5-7-23(22)26-16-24(25)27-21-14-12-20(13-15-21)19-10-8-18(3)9-11-19/h4-15,17H,16H2,1-3H3. The molecule has 0 radical (unpaired) electrons. The number of hydrogen-bond acceptors (Lipinski definition) is 3. The van der Waals surface area contributed by atoms with E-state index in [1.807, 2.05) is 36.4 Å². The lowest BCUT2D eigenvalue weighted by Crippen LogP contribution is -2.18. The van der Waals surface area contributed by atoms with Gasteiger partial charge in [-0.3, -0.25) is 0 Å². The molecule has 0 aliphatic carbocycles. The summed E-state index contributed by atoms with van der Waals surface area (Å²) in [6.07, 6.45) is 0. The average molecular weight is 360 g/mol. The van der Waals surface area contributed by atoms with Crippen molar-refractivity contribution >= 4 is 5.97 Å². The number of ether oxygens (including phenoxy) is 2. The second kappa shape index (κ2) is 8.54. The van der Waals surface area contributed by atoms with Crippen molar-refractivity contribution in [2.45, 2.75) is 26.7 Å². The number of benzene rings is 3. The molecule has 3 heteroatoms. The average Bonchev–Trinajstić information content (AvgIpc) is 2.68. The summed E-state index contributed by atoms with van der Waals surface area (Å²) in [5.41, 5.74) is 4.51. The quantitative estimate of drug-likeness (QED) is 0.413. The summed E-state index contributed by atoms with van der Waals surface area (Å²) < 4.78 is 11.0. The number of esters is 1. The minimum atomic E-state index is -0.420. The topological polar surface area (TPSA) is 35.5 Å². The first-order valence-electron chi connectivity index (χ1n) is 9.12. The van der Waals surface area contributed by atoms with Crippen LogP contribution in [0.25, 0.3) is 11.1 Å². The van der Waals surface area contributed by atoms with Crippen molar-refractivity contribution in [3.63, 3.8) is 0 Å². The first-order valence-corrected chi connectivity index (χ1v) is 9.12. The van der Waals surface area contributed by atoms with Crippen LogP contribution in [-0.4, -0.2) is 12.6 Å². The maximum Gasteiger partial charge on any atom is 0.349 e. The first kappa shape index (κ1) is 18.7. The summed E-state index contributed by atoms with van der Waals surface area (Å²) in [5.74, 6) is 1.14. The van der Waals surface area contributed by atoms with Gasteiger partial charge in [-0.2, -0.15) is 0 Å². The van der Waals surface area contributed by atoms with Gasteiger partial charge in [0.1, 0.15) is 11.5 Å². The van der Waals surface area contributed by atoms with Crippen molar-refractivity contribution in [3.8, 4) is 22.6 Å². The van der Waals surface area contributed by atoms with Crippen LogP contribution in [0.4, 0.5) is 0 Å². The first-order chi connectivity index (χ1) is 13.0. The second-order valence-corrected chi connectivity index (χ2v) is 6.85. The Morgan fingerprint density at radius 3 is 2.07 bits per heavy atom. The van der Waals surface area contributed by atoms with Crippen LogP contribution in [-0.2, 0) is 4.79 Å². The van der Waals surface area contributed by atoms with E-state index in [0.29, 0.717) is 11.7 Å². The highest BCUT2D eigenvalue weighted by Gasteiger charge is 2.11. The van der Waals surface area contributed by atoms with E-state index in [0.717, 1.165) is 22.4 Å². The normalized spacial score (nSPS) is 10.7. The van der Waals surface area contributed by atoms with Gasteiger partial charge in [0.25, 0.3) is 0 Å². The summed E-state index contributed by atoms with van der Waals surface area (Å²) in [4.78, 5) is 12.1. The van der Waals surface area contributed by atoms with E-state index < -0.39 is 5.97 Å². The highest BCUT2D eigenvalue weighted by molar-refractivity contribution is 5.74. The molecular formula is C24H24O3. The lowest BCUT2D eigenvalue weighted by molar-refractivity contribution is -0.136. The molecule has 3 aromatic carbocycles. The van der Waals surface area contributed by atoms with E-state index in [-0.39, 0.29) is 6.61 Å². The van der Waals surface area contributed by atoms with Crippen LogP contribution in [0.5, 0.6) is 11.5 Å². The Balaban J connectivity index is 1.59. The van der Waals surface area contributed by atoms with E-state index in [1.165, 1.54) is 5.56 Å². The number of carbonyl (C=O) groups excluding carboxylic acids is 1. The fourth-order valence-electron chi connectivity index (χ4n) is 2.85. The number of hydrogen-bond donors (Lipinski definition) is 0. The van der Waals surface area contributed by atoms with Gasteiger partial charge in [-0.15, -0.1) is 0 Å². The molecule has 0 amide bonds. The van der Waals surface area contributed by atoms with Crippen molar-refractivity contribution in [2.24, 2.45) is 0 Å². The molecule has 0 aliphatic heterocycles. The zero-order valence-electron chi connectivity index (χ0n) is 15.9. The largest absolute Gasteiger partial charge is 0.482 e. The highest BCUT2D eigenvalue weighted by atomic mass is 16.6. The molecule has 0 spiro atoms. The maximum atomic E-state index is 12.1. The van der Waals surface area contributed by atoms with Gasteiger partial charge in [0.05, 0.1) is 0 Å². The Morgan fingerprint density at radius 2 is 1.44 bits per heavy atom. The minimum absolute atomic E-state index is 0.122. The molecule has 0 saturated carbocycles. The van der Waals surface area contributed by atoms with Gasteiger partial charge in [-0.05, 0) is 47.7 Å². The summed E-state index contributed by atoms with van der Waals surface area (Å²) in [6.45, 7) is 6.13. The third-order valence-corrected chi connectivity index (χ3v) is 4.36. The number of carbonyl (C=O) groups is 1. The molecule has 0 aromatic heterocycles. The molecular weight excluding hydrogens is 336 g/mol. The van der Waals surface area contributed by atoms with Crippen LogP contribution in [0.2, 0.25) is 0 Å². The molecule has 0 bridgehead atoms. The zero-order chi connectivity index (χ0) is 19.2. The Bertz CT molecular complexity index is 894. The lowest BCUT2D eigenvalue weighted by Gasteiger charge is -2.13. The minimum Gasteiger partial charge on any atom is -0.482 e. The van der Waals surface area contributed by atoms with Crippen LogP contribution in [0.3, 0.4) is 0 Å². The molecule has 0 N–H and O–H groups in total. The van der Waals surface area contributed by atoms with Crippen LogP contribution >= 0.6 is 0 Å². The smallest absolute Gasteiger partial charge is 0.349 e. The van der Waals surface area contributed by atoms with E-state index in [4.69, 9.17) is 9.47 Å². The number of rotatable bonds is 6. The lowest BCUT2D eigenvalue weighted by atomic mass is 10.0. The molecule has 3 aromatic rings.